The Labute approximate surface area is 110 Å². The number of nitrogens with one attached hydrogen (secondary N) is 2. The third-order valence-electron chi connectivity index (χ3n) is 2.80. The van der Waals surface area contributed by atoms with Gasteiger partial charge in [0, 0.05) is 31.5 Å². The lowest BCUT2D eigenvalue weighted by molar-refractivity contribution is 0.377. The molecule has 1 atom stereocenters. The number of hydrogen-bond donors (Lipinski definition) is 3. The van der Waals surface area contributed by atoms with Gasteiger partial charge in [0.1, 0.15) is 0 Å². The first kappa shape index (κ1) is 16.9. The maximum absolute atomic E-state index is 8.39. The molecule has 0 aromatic rings. The zero-order chi connectivity index (χ0) is 13.7. The normalized spacial score (nSPS) is 13.6. The van der Waals surface area contributed by atoms with Crippen molar-refractivity contribution >= 4 is 0 Å². The molecule has 0 heterocycles. The van der Waals surface area contributed by atoms with Crippen LogP contribution in [0, 0.1) is 22.7 Å². The van der Waals surface area contributed by atoms with Crippen LogP contribution in [0.5, 0.6) is 0 Å². The van der Waals surface area contributed by atoms with Crippen molar-refractivity contribution in [1.29, 1.82) is 10.5 Å². The quantitative estimate of drug-likeness (QED) is 0.474. The Kier molecular flexibility index (Phi) is 10.3. The van der Waals surface area contributed by atoms with Crippen molar-refractivity contribution in [2.45, 2.75) is 44.6 Å². The summed E-state index contributed by atoms with van der Waals surface area (Å²) < 4.78 is 0. The summed E-state index contributed by atoms with van der Waals surface area (Å²) in [5, 5.41) is 23.2. The van der Waals surface area contributed by atoms with Crippen molar-refractivity contribution in [2.24, 2.45) is 5.73 Å². The molecule has 0 aromatic heterocycles. The molecule has 0 rings (SSSR count). The first-order valence-corrected chi connectivity index (χ1v) is 6.56. The third-order valence-corrected chi connectivity index (χ3v) is 2.80. The highest BCUT2D eigenvalue weighted by Gasteiger charge is 2.16. The molecule has 0 aliphatic carbocycles. The lowest BCUT2D eigenvalue weighted by Crippen LogP contribution is -2.40. The van der Waals surface area contributed by atoms with Crippen molar-refractivity contribution in [1.82, 2.24) is 10.6 Å². The Morgan fingerprint density at radius 1 is 0.944 bits per heavy atom. The molecular formula is C13H25N5. The SMILES string of the molecule is CC(N)(CCCNCCC#N)CCNCCC#N. The predicted molar refractivity (Wildman–Crippen MR) is 72.6 cm³/mol. The maximum Gasteiger partial charge on any atom is 0.0635 e. The van der Waals surface area contributed by atoms with Crippen LogP contribution in [0.3, 0.4) is 0 Å². The van der Waals surface area contributed by atoms with Gasteiger partial charge in [-0.1, -0.05) is 0 Å². The summed E-state index contributed by atoms with van der Waals surface area (Å²) in [5.74, 6) is 0. The minimum Gasteiger partial charge on any atom is -0.325 e. The molecule has 102 valence electrons. The van der Waals surface area contributed by atoms with E-state index in [4.69, 9.17) is 16.3 Å². The molecule has 0 bridgehead atoms. The van der Waals surface area contributed by atoms with E-state index in [-0.39, 0.29) is 5.54 Å². The van der Waals surface area contributed by atoms with Gasteiger partial charge in [0.25, 0.3) is 0 Å². The summed E-state index contributed by atoms with van der Waals surface area (Å²) in [7, 11) is 0. The lowest BCUT2D eigenvalue weighted by atomic mass is 9.93. The fraction of sp³-hybridized carbons (Fsp3) is 0.846. The van der Waals surface area contributed by atoms with Crippen LogP contribution in [0.25, 0.3) is 0 Å². The molecule has 0 saturated heterocycles. The van der Waals surface area contributed by atoms with E-state index in [1.54, 1.807) is 0 Å². The first-order valence-electron chi connectivity index (χ1n) is 6.56. The largest absolute Gasteiger partial charge is 0.325 e. The van der Waals surface area contributed by atoms with E-state index in [1.165, 1.54) is 0 Å². The zero-order valence-corrected chi connectivity index (χ0v) is 11.3. The van der Waals surface area contributed by atoms with E-state index in [0.717, 1.165) is 45.4 Å². The molecule has 18 heavy (non-hydrogen) atoms. The van der Waals surface area contributed by atoms with Crippen LogP contribution in [-0.4, -0.2) is 31.7 Å². The van der Waals surface area contributed by atoms with E-state index in [1.807, 2.05) is 0 Å². The first-order chi connectivity index (χ1) is 8.62. The van der Waals surface area contributed by atoms with Gasteiger partial charge in [0.05, 0.1) is 12.1 Å². The maximum atomic E-state index is 8.39. The second kappa shape index (κ2) is 11.0. The van der Waals surface area contributed by atoms with Crippen molar-refractivity contribution in [2.75, 3.05) is 26.2 Å². The van der Waals surface area contributed by atoms with Gasteiger partial charge >= 0.3 is 0 Å². The van der Waals surface area contributed by atoms with Gasteiger partial charge in [-0.3, -0.25) is 0 Å². The molecule has 0 saturated carbocycles. The monoisotopic (exact) mass is 251 g/mol. The molecule has 4 N–H and O–H groups in total. The van der Waals surface area contributed by atoms with Crippen molar-refractivity contribution < 1.29 is 0 Å². The molecular weight excluding hydrogens is 226 g/mol. The molecule has 0 fully saturated rings. The Bertz CT molecular complexity index is 274. The highest BCUT2D eigenvalue weighted by Crippen LogP contribution is 2.12. The van der Waals surface area contributed by atoms with Crippen molar-refractivity contribution in [3.63, 3.8) is 0 Å². The van der Waals surface area contributed by atoms with E-state index in [9.17, 15) is 0 Å². The highest BCUT2D eigenvalue weighted by molar-refractivity contribution is 4.80. The van der Waals surface area contributed by atoms with E-state index >= 15 is 0 Å². The van der Waals surface area contributed by atoms with Gasteiger partial charge in [-0.15, -0.1) is 0 Å². The number of nitriles is 2. The Balaban J connectivity index is 3.43. The lowest BCUT2D eigenvalue weighted by Gasteiger charge is -2.24. The van der Waals surface area contributed by atoms with Crippen molar-refractivity contribution in [3.05, 3.63) is 0 Å². The fourth-order valence-electron chi connectivity index (χ4n) is 1.65. The van der Waals surface area contributed by atoms with E-state index in [2.05, 4.69) is 29.7 Å². The molecule has 5 nitrogen and oxygen atoms in total. The smallest absolute Gasteiger partial charge is 0.0635 e. The zero-order valence-electron chi connectivity index (χ0n) is 11.3. The average Bonchev–Trinajstić information content (AvgIpc) is 2.33. The Morgan fingerprint density at radius 2 is 1.50 bits per heavy atom. The highest BCUT2D eigenvalue weighted by atomic mass is 14.9. The van der Waals surface area contributed by atoms with Gasteiger partial charge < -0.3 is 16.4 Å². The molecule has 5 heteroatoms. The summed E-state index contributed by atoms with van der Waals surface area (Å²) in [6, 6.07) is 4.20. The summed E-state index contributed by atoms with van der Waals surface area (Å²) in [4.78, 5) is 0. The standard InChI is InChI=1S/C13H25N5/c1-13(16,6-12-18-11-4-8-15)5-2-9-17-10-3-7-14/h17-18H,2-6,9-12,16H2,1H3. The van der Waals surface area contributed by atoms with Crippen LogP contribution in [-0.2, 0) is 0 Å². The molecule has 1 unspecified atom stereocenters. The van der Waals surface area contributed by atoms with Crippen LogP contribution in [0.4, 0.5) is 0 Å². The van der Waals surface area contributed by atoms with Gasteiger partial charge in [-0.2, -0.15) is 10.5 Å². The summed E-state index contributed by atoms with van der Waals surface area (Å²) in [5.41, 5.74) is 6.03. The second-order valence-corrected chi connectivity index (χ2v) is 4.82. The van der Waals surface area contributed by atoms with Crippen LogP contribution in [0.15, 0.2) is 0 Å². The second-order valence-electron chi connectivity index (χ2n) is 4.82. The molecule has 0 spiro atoms. The molecule has 0 aliphatic rings. The summed E-state index contributed by atoms with van der Waals surface area (Å²) in [6.45, 7) is 5.33. The number of nitrogens with zero attached hydrogens (tertiary/aromatic N) is 2. The number of nitrogens with two attached hydrogens (primary N) is 1. The molecule has 0 aliphatic heterocycles. The van der Waals surface area contributed by atoms with Gasteiger partial charge in [0.2, 0.25) is 0 Å². The molecule has 0 amide bonds. The van der Waals surface area contributed by atoms with Crippen LogP contribution in [0.2, 0.25) is 0 Å². The summed E-state index contributed by atoms with van der Waals surface area (Å²) >= 11 is 0. The van der Waals surface area contributed by atoms with E-state index in [0.29, 0.717) is 12.8 Å². The fourth-order valence-corrected chi connectivity index (χ4v) is 1.65. The number of rotatable bonds is 11. The minimum atomic E-state index is -0.156. The molecule has 0 radical (unpaired) electrons. The third kappa shape index (κ3) is 11.3. The topological polar surface area (TPSA) is 97.7 Å². The van der Waals surface area contributed by atoms with Crippen LogP contribution < -0.4 is 16.4 Å². The molecule has 0 aromatic carbocycles. The Hall–Kier alpha value is -1.14. The van der Waals surface area contributed by atoms with Crippen LogP contribution in [0.1, 0.15) is 39.0 Å². The predicted octanol–water partition coefficient (Wildman–Crippen LogP) is 0.881. The van der Waals surface area contributed by atoms with Crippen molar-refractivity contribution in [3.8, 4) is 12.1 Å². The Morgan fingerprint density at radius 3 is 2.06 bits per heavy atom. The summed E-state index contributed by atoms with van der Waals surface area (Å²) in [6.07, 6.45) is 4.01. The van der Waals surface area contributed by atoms with E-state index < -0.39 is 0 Å². The van der Waals surface area contributed by atoms with Crippen LogP contribution >= 0.6 is 0 Å². The van der Waals surface area contributed by atoms with Gasteiger partial charge in [-0.05, 0) is 39.3 Å². The van der Waals surface area contributed by atoms with Gasteiger partial charge in [-0.25, -0.2) is 0 Å². The average molecular weight is 251 g/mol. The number of hydrogen-bond acceptors (Lipinski definition) is 5. The minimum absolute atomic E-state index is 0.156. The van der Waals surface area contributed by atoms with Gasteiger partial charge in [0.15, 0.2) is 0 Å².